The highest BCUT2D eigenvalue weighted by Gasteiger charge is 2.52. The maximum absolute atomic E-state index is 11.0. The maximum atomic E-state index is 11.0. The summed E-state index contributed by atoms with van der Waals surface area (Å²) in [6.07, 6.45) is 1.02. The average Bonchev–Trinajstić information content (AvgIpc) is 2.80. The van der Waals surface area contributed by atoms with Crippen LogP contribution in [0.3, 0.4) is 0 Å². The number of nitrogens with one attached hydrogen (secondary N) is 1. The van der Waals surface area contributed by atoms with E-state index in [0.717, 1.165) is 12.1 Å². The van der Waals surface area contributed by atoms with Gasteiger partial charge in [-0.3, -0.25) is 10.1 Å². The molecule has 0 amide bonds. The third-order valence-electron chi connectivity index (χ3n) is 3.96. The van der Waals surface area contributed by atoms with Crippen molar-refractivity contribution in [1.29, 1.82) is 0 Å². The quantitative estimate of drug-likeness (QED) is 0.619. The van der Waals surface area contributed by atoms with E-state index in [1.165, 1.54) is 6.07 Å². The van der Waals surface area contributed by atoms with Crippen LogP contribution in [0.4, 0.5) is 11.5 Å². The maximum Gasteiger partial charge on any atom is 0.311 e. The van der Waals surface area contributed by atoms with Crippen molar-refractivity contribution < 1.29 is 9.66 Å². The highest BCUT2D eigenvalue weighted by atomic mass is 16.6. The van der Waals surface area contributed by atoms with Crippen LogP contribution in [0.2, 0.25) is 0 Å². The summed E-state index contributed by atoms with van der Waals surface area (Å²) in [4.78, 5) is 14.8. The molecule has 1 aromatic heterocycles. The first-order chi connectivity index (χ1) is 9.08. The predicted octanol–water partition coefficient (Wildman–Crippen LogP) is 0.825. The number of nitrogens with zero attached hydrogens (tertiary/aromatic N) is 2. The van der Waals surface area contributed by atoms with Crippen molar-refractivity contribution in [3.8, 4) is 0 Å². The summed E-state index contributed by atoms with van der Waals surface area (Å²) in [5.74, 6) is 0.640. The Balaban J connectivity index is 1.83. The molecule has 102 valence electrons. The Morgan fingerprint density at radius 1 is 1.58 bits per heavy atom. The number of nitrogens with two attached hydrogens (primary N) is 1. The van der Waals surface area contributed by atoms with Gasteiger partial charge in [-0.1, -0.05) is 0 Å². The Morgan fingerprint density at radius 3 is 3.11 bits per heavy atom. The van der Waals surface area contributed by atoms with Gasteiger partial charge in [0.15, 0.2) is 0 Å². The van der Waals surface area contributed by atoms with Gasteiger partial charge in [0, 0.05) is 30.3 Å². The number of nitro groups is 1. The molecule has 19 heavy (non-hydrogen) atoms. The van der Waals surface area contributed by atoms with E-state index in [9.17, 15) is 10.1 Å². The van der Waals surface area contributed by atoms with Crippen LogP contribution in [0.1, 0.15) is 12.1 Å². The molecule has 0 spiro atoms. The zero-order valence-corrected chi connectivity index (χ0v) is 10.6. The minimum absolute atomic E-state index is 0.0285. The first-order valence-electron chi connectivity index (χ1n) is 6.33. The van der Waals surface area contributed by atoms with Gasteiger partial charge in [0.1, 0.15) is 0 Å². The molecule has 4 atom stereocenters. The second-order valence-electron chi connectivity index (χ2n) is 5.11. The number of anilines is 1. The van der Waals surface area contributed by atoms with Crippen molar-refractivity contribution >= 4 is 11.5 Å². The molecule has 2 heterocycles. The number of hydrogen-bond donors (Lipinski definition) is 2. The average molecular weight is 264 g/mol. The van der Waals surface area contributed by atoms with Crippen LogP contribution >= 0.6 is 0 Å². The summed E-state index contributed by atoms with van der Waals surface area (Å²) in [6, 6.07) is 2.95. The molecule has 0 aromatic carbocycles. The standard InChI is InChI=1S/C12H16N4O3/c1-6-2-3-8(16(17)18)12(14-6)15-10-9(13)7-4-5-19-11(7)10/h2-3,7,9-11H,4-5,13H2,1H3,(H,14,15). The lowest BCUT2D eigenvalue weighted by molar-refractivity contribution is -0.384. The van der Waals surface area contributed by atoms with Crippen LogP contribution in [-0.2, 0) is 4.74 Å². The summed E-state index contributed by atoms with van der Waals surface area (Å²) in [5.41, 5.74) is 6.78. The first-order valence-corrected chi connectivity index (χ1v) is 6.33. The van der Waals surface area contributed by atoms with Crippen LogP contribution in [-0.4, -0.2) is 34.7 Å². The molecule has 2 aliphatic rings. The fraction of sp³-hybridized carbons (Fsp3) is 0.583. The lowest BCUT2D eigenvalue weighted by Gasteiger charge is -2.45. The number of aryl methyl sites for hydroxylation is 1. The second-order valence-corrected chi connectivity index (χ2v) is 5.11. The summed E-state index contributed by atoms with van der Waals surface area (Å²) in [6.45, 7) is 2.51. The summed E-state index contributed by atoms with van der Waals surface area (Å²) in [7, 11) is 0. The van der Waals surface area contributed by atoms with Gasteiger partial charge in [-0.2, -0.15) is 0 Å². The van der Waals surface area contributed by atoms with Gasteiger partial charge in [0.2, 0.25) is 5.82 Å². The number of rotatable bonds is 3. The van der Waals surface area contributed by atoms with Gasteiger partial charge < -0.3 is 15.8 Å². The van der Waals surface area contributed by atoms with Gasteiger partial charge in [-0.15, -0.1) is 0 Å². The highest BCUT2D eigenvalue weighted by Crippen LogP contribution is 2.40. The topological polar surface area (TPSA) is 103 Å². The predicted molar refractivity (Wildman–Crippen MR) is 68.9 cm³/mol. The molecule has 0 bridgehead atoms. The third kappa shape index (κ3) is 1.95. The van der Waals surface area contributed by atoms with Gasteiger partial charge in [-0.25, -0.2) is 4.98 Å². The molecule has 3 rings (SSSR count). The minimum Gasteiger partial charge on any atom is -0.376 e. The Bertz CT molecular complexity index is 522. The molecule has 1 aliphatic heterocycles. The largest absolute Gasteiger partial charge is 0.376 e. The number of aromatic nitrogens is 1. The molecule has 4 unspecified atom stereocenters. The molecule has 7 heteroatoms. The van der Waals surface area contributed by atoms with Crippen molar-refractivity contribution in [3.05, 3.63) is 27.9 Å². The van der Waals surface area contributed by atoms with E-state index >= 15 is 0 Å². The van der Waals surface area contributed by atoms with E-state index in [4.69, 9.17) is 10.5 Å². The summed E-state index contributed by atoms with van der Waals surface area (Å²) >= 11 is 0. The van der Waals surface area contributed by atoms with E-state index in [-0.39, 0.29) is 29.7 Å². The summed E-state index contributed by atoms with van der Waals surface area (Å²) < 4.78 is 5.60. The van der Waals surface area contributed by atoms with E-state index in [2.05, 4.69) is 10.3 Å². The van der Waals surface area contributed by atoms with E-state index in [1.807, 2.05) is 0 Å². The summed E-state index contributed by atoms with van der Waals surface area (Å²) in [5, 5.41) is 14.1. The van der Waals surface area contributed by atoms with Gasteiger partial charge in [-0.05, 0) is 19.4 Å². The van der Waals surface area contributed by atoms with Crippen molar-refractivity contribution in [1.82, 2.24) is 4.98 Å². The number of pyridine rings is 1. The first kappa shape index (κ1) is 12.3. The van der Waals surface area contributed by atoms with Crippen LogP contribution < -0.4 is 11.1 Å². The van der Waals surface area contributed by atoms with Crippen LogP contribution in [0.5, 0.6) is 0 Å². The monoisotopic (exact) mass is 264 g/mol. The third-order valence-corrected chi connectivity index (χ3v) is 3.96. The molecule has 2 fully saturated rings. The van der Waals surface area contributed by atoms with E-state index in [1.54, 1.807) is 13.0 Å². The zero-order valence-electron chi connectivity index (χ0n) is 10.6. The van der Waals surface area contributed by atoms with Crippen molar-refractivity contribution in [2.24, 2.45) is 11.7 Å². The van der Waals surface area contributed by atoms with E-state index < -0.39 is 4.92 Å². The zero-order chi connectivity index (χ0) is 13.6. The lowest BCUT2D eigenvalue weighted by Crippen LogP contribution is -2.65. The van der Waals surface area contributed by atoms with Gasteiger partial charge in [0.05, 0.1) is 17.1 Å². The van der Waals surface area contributed by atoms with Gasteiger partial charge >= 0.3 is 5.69 Å². The highest BCUT2D eigenvalue weighted by molar-refractivity contribution is 5.57. The van der Waals surface area contributed by atoms with Crippen LogP contribution in [0, 0.1) is 23.0 Å². The Hall–Kier alpha value is -1.73. The van der Waals surface area contributed by atoms with Crippen molar-refractivity contribution in [2.75, 3.05) is 11.9 Å². The van der Waals surface area contributed by atoms with Crippen molar-refractivity contribution in [2.45, 2.75) is 31.5 Å². The molecular weight excluding hydrogens is 248 g/mol. The SMILES string of the molecule is Cc1ccc([N+](=O)[O-])c(NC2C(N)C3CCOC32)n1. The number of ether oxygens (including phenoxy) is 1. The molecule has 7 nitrogen and oxygen atoms in total. The van der Waals surface area contributed by atoms with Crippen LogP contribution in [0.15, 0.2) is 12.1 Å². The van der Waals surface area contributed by atoms with Gasteiger partial charge in [0.25, 0.3) is 0 Å². The fourth-order valence-electron chi connectivity index (χ4n) is 2.89. The van der Waals surface area contributed by atoms with Crippen LogP contribution in [0.25, 0.3) is 0 Å². The molecule has 1 saturated carbocycles. The lowest BCUT2D eigenvalue weighted by atomic mass is 9.72. The van der Waals surface area contributed by atoms with Crippen molar-refractivity contribution in [3.63, 3.8) is 0 Å². The molecule has 1 aliphatic carbocycles. The minimum atomic E-state index is -0.439. The Labute approximate surface area is 110 Å². The number of hydrogen-bond acceptors (Lipinski definition) is 6. The molecule has 3 N–H and O–H groups in total. The Morgan fingerprint density at radius 2 is 2.37 bits per heavy atom. The fourth-order valence-corrected chi connectivity index (χ4v) is 2.89. The normalized spacial score (nSPS) is 32.5. The van der Waals surface area contributed by atoms with E-state index in [0.29, 0.717) is 12.5 Å². The smallest absolute Gasteiger partial charge is 0.311 e. The molecule has 0 radical (unpaired) electrons. The molecular formula is C12H16N4O3. The second kappa shape index (κ2) is 4.43. The molecule has 1 saturated heterocycles. The molecule has 1 aromatic rings. The number of fused-ring (bicyclic) bond motifs is 1. The Kier molecular flexibility index (Phi) is 2.87.